The van der Waals surface area contributed by atoms with Crippen molar-refractivity contribution in [3.05, 3.63) is 0 Å². The van der Waals surface area contributed by atoms with Crippen molar-refractivity contribution in [3.63, 3.8) is 0 Å². The summed E-state index contributed by atoms with van der Waals surface area (Å²) in [6.45, 7) is 7.22. The lowest BCUT2D eigenvalue weighted by Gasteiger charge is -2.26. The third-order valence-corrected chi connectivity index (χ3v) is 3.35. The highest BCUT2D eigenvalue weighted by Gasteiger charge is 2.29. The third kappa shape index (κ3) is 4.70. The number of amides is 2. The van der Waals surface area contributed by atoms with Crippen molar-refractivity contribution in [2.45, 2.75) is 39.7 Å². The summed E-state index contributed by atoms with van der Waals surface area (Å²) in [5.41, 5.74) is -0.956. The number of carboxylic acid groups (broad SMARTS) is 1. The number of hydrogen-bond acceptors (Lipinski definition) is 3. The summed E-state index contributed by atoms with van der Waals surface area (Å²) in [6, 6.07) is -0.210. The van der Waals surface area contributed by atoms with Gasteiger partial charge in [0.05, 0.1) is 11.5 Å². The summed E-state index contributed by atoms with van der Waals surface area (Å²) < 4.78 is 5.60. The normalized spacial score (nSPS) is 20.8. The second-order valence-electron chi connectivity index (χ2n) is 5.55. The zero-order valence-electron chi connectivity index (χ0n) is 11.9. The van der Waals surface area contributed by atoms with Crippen molar-refractivity contribution < 1.29 is 19.4 Å². The van der Waals surface area contributed by atoms with E-state index in [4.69, 9.17) is 9.84 Å². The van der Waals surface area contributed by atoms with Gasteiger partial charge in [0.1, 0.15) is 0 Å². The second-order valence-corrected chi connectivity index (χ2v) is 5.55. The molecule has 0 radical (unpaired) electrons. The predicted molar refractivity (Wildman–Crippen MR) is 71.0 cm³/mol. The number of hydrogen-bond donors (Lipinski definition) is 2. The third-order valence-electron chi connectivity index (χ3n) is 3.35. The highest BCUT2D eigenvalue weighted by atomic mass is 16.5. The molecule has 0 bridgehead atoms. The topological polar surface area (TPSA) is 78.9 Å². The van der Waals surface area contributed by atoms with E-state index in [2.05, 4.69) is 5.32 Å². The van der Waals surface area contributed by atoms with E-state index in [1.54, 1.807) is 18.7 Å². The van der Waals surface area contributed by atoms with Gasteiger partial charge in [0.15, 0.2) is 0 Å². The average Bonchev–Trinajstić information content (AvgIpc) is 2.61. The van der Waals surface area contributed by atoms with Gasteiger partial charge < -0.3 is 20.1 Å². The number of carbonyl (C=O) groups excluding carboxylic acids is 1. The molecule has 2 amide bonds. The lowest BCUT2D eigenvalue weighted by Crippen LogP contribution is -2.47. The molecule has 19 heavy (non-hydrogen) atoms. The van der Waals surface area contributed by atoms with E-state index in [1.165, 1.54) is 0 Å². The number of nitrogens with zero attached hydrogens (tertiary/aromatic N) is 1. The van der Waals surface area contributed by atoms with Gasteiger partial charge in [0.2, 0.25) is 0 Å². The van der Waals surface area contributed by atoms with Gasteiger partial charge in [-0.3, -0.25) is 4.79 Å². The zero-order chi connectivity index (χ0) is 14.5. The molecular weight excluding hydrogens is 248 g/mol. The molecule has 0 aromatic heterocycles. The van der Waals surface area contributed by atoms with Crippen molar-refractivity contribution in [1.29, 1.82) is 0 Å². The van der Waals surface area contributed by atoms with Crippen LogP contribution in [0.4, 0.5) is 4.79 Å². The molecule has 2 N–H and O–H groups in total. The Bertz CT molecular complexity index is 331. The molecule has 0 aliphatic carbocycles. The Kier molecular flexibility index (Phi) is 5.60. The number of carboxylic acids is 1. The first-order valence-electron chi connectivity index (χ1n) is 6.74. The van der Waals surface area contributed by atoms with E-state index in [1.807, 2.05) is 6.92 Å². The van der Waals surface area contributed by atoms with Crippen LogP contribution in [0.2, 0.25) is 0 Å². The monoisotopic (exact) mass is 272 g/mol. The van der Waals surface area contributed by atoms with E-state index >= 15 is 0 Å². The number of urea groups is 1. The fourth-order valence-electron chi connectivity index (χ4n) is 1.81. The predicted octanol–water partition coefficient (Wildman–Crippen LogP) is 1.31. The van der Waals surface area contributed by atoms with Gasteiger partial charge in [0, 0.05) is 26.2 Å². The van der Waals surface area contributed by atoms with Crippen LogP contribution in [0, 0.1) is 5.41 Å². The summed E-state index contributed by atoms with van der Waals surface area (Å²) in [6.07, 6.45) is 1.75. The van der Waals surface area contributed by atoms with Crippen LogP contribution in [0.15, 0.2) is 0 Å². The van der Waals surface area contributed by atoms with Gasteiger partial charge in [0.25, 0.3) is 0 Å². The van der Waals surface area contributed by atoms with E-state index < -0.39 is 11.4 Å². The fourth-order valence-corrected chi connectivity index (χ4v) is 1.81. The van der Waals surface area contributed by atoms with E-state index in [-0.39, 0.29) is 18.7 Å². The largest absolute Gasteiger partial charge is 0.481 e. The Hall–Kier alpha value is -1.30. The lowest BCUT2D eigenvalue weighted by molar-refractivity contribution is -0.146. The van der Waals surface area contributed by atoms with Crippen molar-refractivity contribution in [1.82, 2.24) is 10.2 Å². The first-order chi connectivity index (χ1) is 8.86. The summed E-state index contributed by atoms with van der Waals surface area (Å²) in [4.78, 5) is 24.7. The maximum absolute atomic E-state index is 12.0. The molecule has 6 heteroatoms. The highest BCUT2D eigenvalue weighted by Crippen LogP contribution is 2.14. The van der Waals surface area contributed by atoms with Crippen LogP contribution in [0.5, 0.6) is 0 Å². The molecule has 1 aliphatic heterocycles. The molecule has 0 aromatic carbocycles. The minimum absolute atomic E-state index is 0.0701. The number of aliphatic carboxylic acids is 1. The van der Waals surface area contributed by atoms with Crippen molar-refractivity contribution in [3.8, 4) is 0 Å². The first-order valence-corrected chi connectivity index (χ1v) is 6.74. The summed E-state index contributed by atoms with van der Waals surface area (Å²) in [7, 11) is 0. The summed E-state index contributed by atoms with van der Waals surface area (Å²) >= 11 is 0. The molecule has 6 nitrogen and oxygen atoms in total. The lowest BCUT2D eigenvalue weighted by atomic mass is 9.94. The van der Waals surface area contributed by atoms with Crippen LogP contribution < -0.4 is 5.32 Å². The fraction of sp³-hybridized carbons (Fsp3) is 0.846. The molecule has 1 rings (SSSR count). The Morgan fingerprint density at radius 2 is 2.16 bits per heavy atom. The van der Waals surface area contributed by atoms with Crippen LogP contribution in [0.25, 0.3) is 0 Å². The van der Waals surface area contributed by atoms with Gasteiger partial charge in [-0.05, 0) is 26.7 Å². The Morgan fingerprint density at radius 3 is 2.74 bits per heavy atom. The van der Waals surface area contributed by atoms with Crippen LogP contribution >= 0.6 is 0 Å². The van der Waals surface area contributed by atoms with Crippen molar-refractivity contribution >= 4 is 12.0 Å². The number of nitrogens with one attached hydrogen (secondary N) is 1. The first kappa shape index (κ1) is 15.8. The average molecular weight is 272 g/mol. The van der Waals surface area contributed by atoms with Gasteiger partial charge in [-0.2, -0.15) is 0 Å². The maximum Gasteiger partial charge on any atom is 0.317 e. The van der Waals surface area contributed by atoms with Gasteiger partial charge in [-0.15, -0.1) is 0 Å². The Morgan fingerprint density at radius 1 is 1.47 bits per heavy atom. The molecule has 1 atom stereocenters. The van der Waals surface area contributed by atoms with E-state index in [9.17, 15) is 9.59 Å². The smallest absolute Gasteiger partial charge is 0.317 e. The minimum atomic E-state index is -0.956. The van der Waals surface area contributed by atoms with Gasteiger partial charge in [-0.25, -0.2) is 4.79 Å². The highest BCUT2D eigenvalue weighted by molar-refractivity contribution is 5.77. The SMILES string of the molecule is CCC1CN(C(=O)NCC(C)(C)C(=O)O)CCCO1. The number of ether oxygens (including phenoxy) is 1. The van der Waals surface area contributed by atoms with Crippen molar-refractivity contribution in [2.24, 2.45) is 5.41 Å². The molecular formula is C13H24N2O4. The number of rotatable bonds is 4. The molecule has 0 aromatic rings. The standard InChI is InChI=1S/C13H24N2O4/c1-4-10-8-15(6-5-7-19-10)12(18)14-9-13(2,3)11(16)17/h10H,4-9H2,1-3H3,(H,14,18)(H,16,17). The molecule has 0 spiro atoms. The summed E-state index contributed by atoms with van der Waals surface area (Å²) in [5, 5.41) is 11.7. The molecule has 1 heterocycles. The molecule has 110 valence electrons. The summed E-state index contributed by atoms with van der Waals surface area (Å²) in [5.74, 6) is -0.918. The van der Waals surface area contributed by atoms with Crippen molar-refractivity contribution in [2.75, 3.05) is 26.2 Å². The molecule has 1 aliphatic rings. The van der Waals surface area contributed by atoms with Gasteiger partial charge >= 0.3 is 12.0 Å². The maximum atomic E-state index is 12.0. The zero-order valence-corrected chi connectivity index (χ0v) is 11.9. The van der Waals surface area contributed by atoms with Crippen LogP contribution in [0.1, 0.15) is 33.6 Å². The Balaban J connectivity index is 2.50. The van der Waals surface area contributed by atoms with Gasteiger partial charge in [-0.1, -0.05) is 6.92 Å². The molecule has 1 saturated heterocycles. The van der Waals surface area contributed by atoms with Crippen LogP contribution in [0.3, 0.4) is 0 Å². The second kappa shape index (κ2) is 6.75. The van der Waals surface area contributed by atoms with E-state index in [0.717, 1.165) is 12.8 Å². The Labute approximate surface area is 114 Å². The quantitative estimate of drug-likeness (QED) is 0.808. The minimum Gasteiger partial charge on any atom is -0.481 e. The molecule has 0 saturated carbocycles. The van der Waals surface area contributed by atoms with E-state index in [0.29, 0.717) is 19.7 Å². The molecule has 1 unspecified atom stereocenters. The number of carbonyl (C=O) groups is 2. The molecule has 1 fully saturated rings. The van der Waals surface area contributed by atoms with Crippen LogP contribution in [-0.2, 0) is 9.53 Å². The van der Waals surface area contributed by atoms with Crippen LogP contribution in [-0.4, -0.2) is 54.4 Å².